The zero-order valence-corrected chi connectivity index (χ0v) is 17.6. The average molecular weight is 456 g/mol. The molecule has 0 aliphatic carbocycles. The number of hydrogen-bond donors (Lipinski definition) is 0. The van der Waals surface area contributed by atoms with E-state index >= 15 is 0 Å². The summed E-state index contributed by atoms with van der Waals surface area (Å²) in [5.74, 6) is 0.161. The molecule has 2 aromatic carbocycles. The van der Waals surface area contributed by atoms with E-state index in [1.54, 1.807) is 48.4 Å². The van der Waals surface area contributed by atoms with E-state index in [0.717, 1.165) is 16.3 Å². The first-order valence-corrected chi connectivity index (χ1v) is 10.9. The molecule has 6 nitrogen and oxygen atoms in total. The van der Waals surface area contributed by atoms with Gasteiger partial charge in [0.25, 0.3) is 5.91 Å². The molecule has 2 aromatic rings. The van der Waals surface area contributed by atoms with E-state index in [1.807, 2.05) is 12.1 Å². The molecule has 0 N–H and O–H groups in total. The predicted octanol–water partition coefficient (Wildman–Crippen LogP) is 3.47. The summed E-state index contributed by atoms with van der Waals surface area (Å²) in [6, 6.07) is 13.9. The summed E-state index contributed by atoms with van der Waals surface area (Å²) < 4.78 is 33.2. The van der Waals surface area contributed by atoms with Gasteiger partial charge in [-0.2, -0.15) is 8.42 Å². The smallest absolute Gasteiger partial charge is 0.306 e. The second-order valence-electron chi connectivity index (χ2n) is 6.01. The number of halogens is 1. The number of amides is 1. The average Bonchev–Trinajstić information content (AvgIpc) is 2.61. The minimum atomic E-state index is -3.56. The lowest BCUT2D eigenvalue weighted by Crippen LogP contribution is -2.32. The Morgan fingerprint density at radius 1 is 1.15 bits per heavy atom. The summed E-state index contributed by atoms with van der Waals surface area (Å²) in [5.41, 5.74) is 1.47. The van der Waals surface area contributed by atoms with Crippen LogP contribution < -0.4 is 4.18 Å². The largest absolute Gasteiger partial charge is 0.385 e. The first kappa shape index (κ1) is 21.4. The molecule has 0 radical (unpaired) electrons. The van der Waals surface area contributed by atoms with Gasteiger partial charge >= 0.3 is 10.1 Å². The second kappa shape index (κ2) is 9.87. The third-order valence-corrected chi connectivity index (χ3v) is 4.67. The molecule has 0 saturated heterocycles. The molecule has 0 aliphatic rings. The molecule has 0 heterocycles. The van der Waals surface area contributed by atoms with E-state index < -0.39 is 10.1 Å². The topological polar surface area (TPSA) is 72.9 Å². The lowest BCUT2D eigenvalue weighted by Gasteiger charge is -2.23. The van der Waals surface area contributed by atoms with Crippen LogP contribution in [-0.4, -0.2) is 45.7 Å². The first-order valence-electron chi connectivity index (χ1n) is 8.30. The van der Waals surface area contributed by atoms with Crippen molar-refractivity contribution in [1.29, 1.82) is 0 Å². The highest BCUT2D eigenvalue weighted by atomic mass is 79.9. The zero-order chi connectivity index (χ0) is 19.9. The van der Waals surface area contributed by atoms with Crippen LogP contribution in [0.15, 0.2) is 53.0 Å². The van der Waals surface area contributed by atoms with E-state index in [2.05, 4.69) is 15.9 Å². The van der Waals surface area contributed by atoms with Gasteiger partial charge in [-0.15, -0.1) is 0 Å². The van der Waals surface area contributed by atoms with Crippen LogP contribution in [0.1, 0.15) is 22.3 Å². The van der Waals surface area contributed by atoms with Gasteiger partial charge in [0.2, 0.25) is 0 Å². The number of nitrogens with zero attached hydrogens (tertiary/aromatic N) is 1. The third kappa shape index (κ3) is 7.32. The highest BCUT2D eigenvalue weighted by Crippen LogP contribution is 2.18. The molecule has 1 amide bonds. The van der Waals surface area contributed by atoms with Crippen LogP contribution in [0, 0.1) is 0 Å². The van der Waals surface area contributed by atoms with Gasteiger partial charge < -0.3 is 13.8 Å². The van der Waals surface area contributed by atoms with Crippen molar-refractivity contribution in [2.45, 2.75) is 13.0 Å². The summed E-state index contributed by atoms with van der Waals surface area (Å²) in [7, 11) is -1.94. The number of rotatable bonds is 9. The fourth-order valence-corrected chi connectivity index (χ4v) is 3.36. The Morgan fingerprint density at radius 3 is 2.44 bits per heavy atom. The maximum absolute atomic E-state index is 12.9. The molecule has 27 heavy (non-hydrogen) atoms. The molecule has 0 atom stereocenters. The van der Waals surface area contributed by atoms with Gasteiger partial charge in [-0.1, -0.05) is 34.1 Å². The lowest BCUT2D eigenvalue weighted by molar-refractivity contribution is 0.0723. The minimum absolute atomic E-state index is 0.0798. The van der Waals surface area contributed by atoms with Crippen LogP contribution in [-0.2, 0) is 21.4 Å². The highest BCUT2D eigenvalue weighted by Gasteiger charge is 2.16. The molecule has 8 heteroatoms. The normalized spacial score (nSPS) is 11.2. The second-order valence-corrected chi connectivity index (χ2v) is 8.51. The monoisotopic (exact) mass is 455 g/mol. The van der Waals surface area contributed by atoms with Crippen molar-refractivity contribution >= 4 is 32.0 Å². The number of carbonyl (C=O) groups excluding carboxylic acids is 1. The van der Waals surface area contributed by atoms with Crippen LogP contribution in [0.5, 0.6) is 5.75 Å². The predicted molar refractivity (Wildman–Crippen MR) is 107 cm³/mol. The number of methoxy groups -OCH3 is 1. The molecule has 0 aliphatic heterocycles. The summed E-state index contributed by atoms with van der Waals surface area (Å²) >= 11 is 3.39. The summed E-state index contributed by atoms with van der Waals surface area (Å²) in [6.45, 7) is 1.50. The Kier molecular flexibility index (Phi) is 7.82. The highest BCUT2D eigenvalue weighted by molar-refractivity contribution is 9.10. The maximum Gasteiger partial charge on any atom is 0.306 e. The van der Waals surface area contributed by atoms with Gasteiger partial charge in [0, 0.05) is 36.8 Å². The van der Waals surface area contributed by atoms with Crippen molar-refractivity contribution in [2.24, 2.45) is 0 Å². The van der Waals surface area contributed by atoms with Crippen LogP contribution >= 0.6 is 15.9 Å². The van der Waals surface area contributed by atoms with Crippen molar-refractivity contribution in [3.63, 3.8) is 0 Å². The first-order chi connectivity index (χ1) is 12.8. The lowest BCUT2D eigenvalue weighted by atomic mass is 10.1. The summed E-state index contributed by atoms with van der Waals surface area (Å²) in [5, 5.41) is 0. The molecule has 0 spiro atoms. The standard InChI is InChI=1S/C19H22BrNO5S/c1-25-12-4-11-21(19(22)16-5-3-6-17(20)13-16)14-15-7-9-18(10-8-15)26-27(2,23)24/h3,5-10,13H,4,11-12,14H2,1-2H3. The van der Waals surface area contributed by atoms with Gasteiger partial charge in [0.15, 0.2) is 0 Å². The van der Waals surface area contributed by atoms with Gasteiger partial charge in [-0.05, 0) is 42.3 Å². The van der Waals surface area contributed by atoms with Crippen molar-refractivity contribution in [3.05, 3.63) is 64.1 Å². The molecule has 0 aromatic heterocycles. The van der Waals surface area contributed by atoms with E-state index in [4.69, 9.17) is 8.92 Å². The Labute approximate surface area is 168 Å². The van der Waals surface area contributed by atoms with E-state index in [9.17, 15) is 13.2 Å². The molecule has 146 valence electrons. The number of ether oxygens (including phenoxy) is 1. The Balaban J connectivity index is 2.15. The van der Waals surface area contributed by atoms with E-state index in [1.165, 1.54) is 0 Å². The molecule has 0 unspecified atom stereocenters. The fourth-order valence-electron chi connectivity index (χ4n) is 2.50. The molecule has 0 fully saturated rings. The summed E-state index contributed by atoms with van der Waals surface area (Å²) in [6.07, 6.45) is 1.71. The zero-order valence-electron chi connectivity index (χ0n) is 15.2. The molecular formula is C19H22BrNO5S. The molecule has 0 saturated carbocycles. The quantitative estimate of drug-likeness (QED) is 0.427. The fraction of sp³-hybridized carbons (Fsp3) is 0.316. The van der Waals surface area contributed by atoms with Crippen molar-refractivity contribution in [3.8, 4) is 5.75 Å². The van der Waals surface area contributed by atoms with Gasteiger partial charge in [0.1, 0.15) is 5.75 Å². The SMILES string of the molecule is COCCCN(Cc1ccc(OS(C)(=O)=O)cc1)C(=O)c1cccc(Br)c1. The van der Waals surface area contributed by atoms with Crippen LogP contribution in [0.3, 0.4) is 0 Å². The van der Waals surface area contributed by atoms with Crippen molar-refractivity contribution in [2.75, 3.05) is 26.5 Å². The van der Waals surface area contributed by atoms with Gasteiger partial charge in [-0.3, -0.25) is 4.79 Å². The van der Waals surface area contributed by atoms with Crippen LogP contribution in [0.25, 0.3) is 0 Å². The van der Waals surface area contributed by atoms with E-state index in [0.29, 0.717) is 31.7 Å². The van der Waals surface area contributed by atoms with Gasteiger partial charge in [0.05, 0.1) is 6.26 Å². The molecular weight excluding hydrogens is 434 g/mol. The number of hydrogen-bond acceptors (Lipinski definition) is 5. The van der Waals surface area contributed by atoms with Crippen molar-refractivity contribution in [1.82, 2.24) is 4.90 Å². The summed E-state index contributed by atoms with van der Waals surface area (Å²) in [4.78, 5) is 14.7. The van der Waals surface area contributed by atoms with Crippen LogP contribution in [0.2, 0.25) is 0 Å². The Morgan fingerprint density at radius 2 is 1.85 bits per heavy atom. The molecule has 2 rings (SSSR count). The Bertz CT molecular complexity index is 868. The van der Waals surface area contributed by atoms with Gasteiger partial charge in [-0.25, -0.2) is 0 Å². The van der Waals surface area contributed by atoms with Crippen molar-refractivity contribution < 1.29 is 22.1 Å². The number of carbonyl (C=O) groups is 1. The Hall–Kier alpha value is -1.90. The molecule has 0 bridgehead atoms. The minimum Gasteiger partial charge on any atom is -0.385 e. The maximum atomic E-state index is 12.9. The van der Waals surface area contributed by atoms with Crippen LogP contribution in [0.4, 0.5) is 0 Å². The van der Waals surface area contributed by atoms with E-state index in [-0.39, 0.29) is 11.7 Å². The number of benzene rings is 2. The third-order valence-electron chi connectivity index (χ3n) is 3.68.